The lowest BCUT2D eigenvalue weighted by molar-refractivity contribution is 0.0735. The minimum absolute atomic E-state index is 0.357. The van der Waals surface area contributed by atoms with Crippen LogP contribution in [0.1, 0.15) is 43.0 Å². The quantitative estimate of drug-likeness (QED) is 0.363. The summed E-state index contributed by atoms with van der Waals surface area (Å²) in [5, 5.41) is 0.410. The van der Waals surface area contributed by atoms with Crippen LogP contribution in [0.3, 0.4) is 0 Å². The average Bonchev–Trinajstić information content (AvgIpc) is 2.57. The van der Waals surface area contributed by atoms with E-state index in [1.807, 2.05) is 0 Å². The number of benzene rings is 2. The third-order valence-electron chi connectivity index (χ3n) is 3.40. The first-order valence-electron chi connectivity index (χ1n) is 7.90. The van der Waals surface area contributed by atoms with Gasteiger partial charge in [-0.3, -0.25) is 0 Å². The number of hydrogen-bond donors (Lipinski definition) is 0. The van der Waals surface area contributed by atoms with Crippen molar-refractivity contribution in [3.05, 3.63) is 59.1 Å². The molecule has 0 amide bonds. The second-order valence-electron chi connectivity index (χ2n) is 5.25. The van der Waals surface area contributed by atoms with E-state index in [4.69, 9.17) is 21.1 Å². The van der Waals surface area contributed by atoms with Gasteiger partial charge in [0.25, 0.3) is 0 Å². The van der Waals surface area contributed by atoms with Crippen LogP contribution in [0.15, 0.2) is 48.5 Å². The fraction of sp³-hybridized carbons (Fsp3) is 0.316. The number of hydrogen-bond acceptors (Lipinski definition) is 3. The molecule has 4 heteroatoms. The van der Waals surface area contributed by atoms with E-state index in [1.54, 1.807) is 48.5 Å². The zero-order valence-electron chi connectivity index (χ0n) is 13.3. The molecule has 0 aliphatic rings. The molecular weight excluding hydrogens is 312 g/mol. The molecule has 0 spiro atoms. The predicted molar refractivity (Wildman–Crippen MR) is 92.5 cm³/mol. The number of unbranched alkanes of at least 4 members (excludes halogenated alkanes) is 3. The van der Waals surface area contributed by atoms with Crippen molar-refractivity contribution in [2.45, 2.75) is 32.6 Å². The molecule has 0 bridgehead atoms. The Kier molecular flexibility index (Phi) is 6.95. The van der Waals surface area contributed by atoms with Crippen molar-refractivity contribution < 1.29 is 14.3 Å². The maximum atomic E-state index is 12.1. The molecule has 0 radical (unpaired) electrons. The van der Waals surface area contributed by atoms with E-state index >= 15 is 0 Å². The number of carbonyl (C=O) groups is 1. The van der Waals surface area contributed by atoms with E-state index in [-0.39, 0.29) is 0 Å². The molecule has 0 fully saturated rings. The van der Waals surface area contributed by atoms with E-state index in [0.29, 0.717) is 22.9 Å². The summed E-state index contributed by atoms with van der Waals surface area (Å²) >= 11 is 5.98. The van der Waals surface area contributed by atoms with Crippen LogP contribution in [0.25, 0.3) is 0 Å². The molecule has 0 heterocycles. The fourth-order valence-corrected chi connectivity index (χ4v) is 2.27. The minimum atomic E-state index is -0.437. The molecule has 0 unspecified atom stereocenters. The predicted octanol–water partition coefficient (Wildman–Crippen LogP) is 5.52. The van der Waals surface area contributed by atoms with E-state index in [0.717, 1.165) is 12.2 Å². The van der Waals surface area contributed by atoms with Crippen LogP contribution in [0.4, 0.5) is 0 Å². The summed E-state index contributed by atoms with van der Waals surface area (Å²) in [6.07, 6.45) is 4.67. The normalized spacial score (nSPS) is 10.3. The number of esters is 1. The van der Waals surface area contributed by atoms with Crippen LogP contribution in [-0.2, 0) is 0 Å². The topological polar surface area (TPSA) is 35.5 Å². The van der Waals surface area contributed by atoms with Crippen molar-refractivity contribution >= 4 is 17.6 Å². The van der Waals surface area contributed by atoms with Crippen molar-refractivity contribution in [1.29, 1.82) is 0 Å². The summed E-state index contributed by atoms with van der Waals surface area (Å²) in [5.41, 5.74) is 0.461. The summed E-state index contributed by atoms with van der Waals surface area (Å²) in [6, 6.07) is 13.8. The van der Waals surface area contributed by atoms with E-state index < -0.39 is 5.97 Å². The third-order valence-corrected chi connectivity index (χ3v) is 3.71. The number of halogens is 1. The summed E-state index contributed by atoms with van der Waals surface area (Å²) in [7, 11) is 0. The first-order valence-corrected chi connectivity index (χ1v) is 8.28. The van der Waals surface area contributed by atoms with Gasteiger partial charge in [-0.05, 0) is 42.8 Å². The third kappa shape index (κ3) is 5.61. The zero-order chi connectivity index (χ0) is 16.5. The first kappa shape index (κ1) is 17.4. The molecule has 122 valence electrons. The van der Waals surface area contributed by atoms with Gasteiger partial charge in [-0.15, -0.1) is 0 Å². The summed E-state index contributed by atoms with van der Waals surface area (Å²) in [4.78, 5) is 12.1. The van der Waals surface area contributed by atoms with Gasteiger partial charge in [0.05, 0.1) is 17.2 Å². The smallest absolute Gasteiger partial charge is 0.343 e. The molecule has 0 atom stereocenters. The molecule has 2 aromatic carbocycles. The highest BCUT2D eigenvalue weighted by atomic mass is 35.5. The van der Waals surface area contributed by atoms with E-state index in [2.05, 4.69) is 6.92 Å². The summed E-state index contributed by atoms with van der Waals surface area (Å²) < 4.78 is 10.9. The van der Waals surface area contributed by atoms with Crippen molar-refractivity contribution in [2.75, 3.05) is 6.61 Å². The highest BCUT2D eigenvalue weighted by Gasteiger charge is 2.10. The molecule has 0 aliphatic carbocycles. The summed E-state index contributed by atoms with van der Waals surface area (Å²) in [6.45, 7) is 2.88. The van der Waals surface area contributed by atoms with E-state index in [9.17, 15) is 4.79 Å². The Morgan fingerprint density at radius 1 is 1.00 bits per heavy atom. The van der Waals surface area contributed by atoms with Crippen molar-refractivity contribution in [2.24, 2.45) is 0 Å². The van der Waals surface area contributed by atoms with Gasteiger partial charge in [-0.2, -0.15) is 0 Å². The van der Waals surface area contributed by atoms with Crippen molar-refractivity contribution in [3.63, 3.8) is 0 Å². The van der Waals surface area contributed by atoms with Crippen LogP contribution < -0.4 is 9.47 Å². The number of carbonyl (C=O) groups excluding carboxylic acids is 1. The largest absolute Gasteiger partial charge is 0.494 e. The van der Waals surface area contributed by atoms with Crippen LogP contribution >= 0.6 is 11.6 Å². The molecule has 2 aromatic rings. The molecule has 0 aliphatic heterocycles. The zero-order valence-corrected chi connectivity index (χ0v) is 14.0. The lowest BCUT2D eigenvalue weighted by atomic mass is 10.2. The number of rotatable bonds is 8. The van der Waals surface area contributed by atoms with Crippen LogP contribution in [0.2, 0.25) is 5.02 Å². The summed E-state index contributed by atoms with van der Waals surface area (Å²) in [5.74, 6) is 0.679. The van der Waals surface area contributed by atoms with Gasteiger partial charge in [0.2, 0.25) is 0 Å². The molecule has 23 heavy (non-hydrogen) atoms. The van der Waals surface area contributed by atoms with Crippen LogP contribution in [0, 0.1) is 0 Å². The Hall–Kier alpha value is -2.00. The number of ether oxygens (including phenoxy) is 2. The van der Waals surface area contributed by atoms with Gasteiger partial charge in [0, 0.05) is 0 Å². The highest BCUT2D eigenvalue weighted by Crippen LogP contribution is 2.24. The molecule has 0 aromatic heterocycles. The first-order chi connectivity index (χ1) is 11.2. The van der Waals surface area contributed by atoms with E-state index in [1.165, 1.54) is 19.3 Å². The van der Waals surface area contributed by atoms with Gasteiger partial charge >= 0.3 is 5.97 Å². The highest BCUT2D eigenvalue weighted by molar-refractivity contribution is 6.32. The Labute approximate surface area is 142 Å². The lowest BCUT2D eigenvalue weighted by Gasteiger charge is -2.08. The Morgan fingerprint density at radius 2 is 1.74 bits per heavy atom. The second kappa shape index (κ2) is 9.21. The minimum Gasteiger partial charge on any atom is -0.494 e. The molecule has 0 saturated carbocycles. The second-order valence-corrected chi connectivity index (χ2v) is 5.66. The van der Waals surface area contributed by atoms with Crippen molar-refractivity contribution in [1.82, 2.24) is 0 Å². The lowest BCUT2D eigenvalue weighted by Crippen LogP contribution is -2.08. The van der Waals surface area contributed by atoms with Gasteiger partial charge < -0.3 is 9.47 Å². The van der Waals surface area contributed by atoms with Crippen molar-refractivity contribution in [3.8, 4) is 11.5 Å². The maximum absolute atomic E-state index is 12.1. The van der Waals surface area contributed by atoms with Gasteiger partial charge in [0.15, 0.2) is 0 Å². The SMILES string of the molecule is CCCCCCOc1ccc(C(=O)Oc2ccccc2Cl)cc1. The standard InChI is InChI=1S/C19H21ClO3/c1-2-3-4-7-14-22-16-12-10-15(11-13-16)19(21)23-18-9-6-5-8-17(18)20/h5-6,8-13H,2-4,7,14H2,1H3. The van der Waals surface area contributed by atoms with Gasteiger partial charge in [-0.1, -0.05) is 49.9 Å². The monoisotopic (exact) mass is 332 g/mol. The van der Waals surface area contributed by atoms with Gasteiger partial charge in [-0.25, -0.2) is 4.79 Å². The van der Waals surface area contributed by atoms with Gasteiger partial charge in [0.1, 0.15) is 11.5 Å². The molecule has 2 rings (SSSR count). The fourth-order valence-electron chi connectivity index (χ4n) is 2.09. The molecule has 0 N–H and O–H groups in total. The maximum Gasteiger partial charge on any atom is 0.343 e. The molecule has 3 nitrogen and oxygen atoms in total. The average molecular weight is 333 g/mol. The molecular formula is C19H21ClO3. The van der Waals surface area contributed by atoms with Crippen LogP contribution in [0.5, 0.6) is 11.5 Å². The Morgan fingerprint density at radius 3 is 2.43 bits per heavy atom. The number of para-hydroxylation sites is 1. The van der Waals surface area contributed by atoms with Crippen LogP contribution in [-0.4, -0.2) is 12.6 Å². The Balaban J connectivity index is 1.86. The molecule has 0 saturated heterocycles. The Bertz CT molecular complexity index is 623.